The van der Waals surface area contributed by atoms with Crippen molar-refractivity contribution in [1.29, 1.82) is 5.26 Å². The van der Waals surface area contributed by atoms with Gasteiger partial charge in [-0.25, -0.2) is 4.39 Å². The molecule has 17 heavy (non-hydrogen) atoms. The van der Waals surface area contributed by atoms with E-state index in [-0.39, 0.29) is 5.56 Å². The maximum absolute atomic E-state index is 13.2. The van der Waals surface area contributed by atoms with E-state index in [0.29, 0.717) is 12.4 Å². The van der Waals surface area contributed by atoms with E-state index in [4.69, 9.17) is 10.00 Å². The summed E-state index contributed by atoms with van der Waals surface area (Å²) in [7, 11) is 0. The lowest BCUT2D eigenvalue weighted by Gasteiger charge is -2.06. The van der Waals surface area contributed by atoms with Crippen LogP contribution < -0.4 is 4.74 Å². The van der Waals surface area contributed by atoms with Gasteiger partial charge in [-0.1, -0.05) is 32.6 Å². The van der Waals surface area contributed by atoms with Gasteiger partial charge < -0.3 is 4.74 Å². The van der Waals surface area contributed by atoms with Gasteiger partial charge >= 0.3 is 0 Å². The van der Waals surface area contributed by atoms with Crippen LogP contribution in [0.3, 0.4) is 0 Å². The van der Waals surface area contributed by atoms with Crippen LogP contribution in [0.5, 0.6) is 5.75 Å². The highest BCUT2D eigenvalue weighted by molar-refractivity contribution is 5.36. The summed E-state index contributed by atoms with van der Waals surface area (Å²) < 4.78 is 18.6. The molecule has 1 rings (SSSR count). The number of hydrogen-bond acceptors (Lipinski definition) is 2. The van der Waals surface area contributed by atoms with Crippen molar-refractivity contribution in [2.24, 2.45) is 0 Å². The minimum absolute atomic E-state index is 0.0558. The smallest absolute Gasteiger partial charge is 0.144 e. The minimum atomic E-state index is -0.518. The molecule has 0 unspecified atom stereocenters. The Labute approximate surface area is 102 Å². The van der Waals surface area contributed by atoms with E-state index in [9.17, 15) is 4.39 Å². The predicted molar refractivity (Wildman–Crippen MR) is 65.4 cm³/mol. The Morgan fingerprint density at radius 1 is 1.24 bits per heavy atom. The van der Waals surface area contributed by atoms with Crippen molar-refractivity contribution in [3.63, 3.8) is 0 Å². The van der Waals surface area contributed by atoms with E-state index in [1.807, 2.05) is 0 Å². The number of unbranched alkanes of at least 4 members (excludes halogenated alkanes) is 4. The van der Waals surface area contributed by atoms with Crippen LogP contribution in [0.25, 0.3) is 0 Å². The lowest BCUT2D eigenvalue weighted by molar-refractivity contribution is 0.303. The van der Waals surface area contributed by atoms with E-state index in [1.165, 1.54) is 31.4 Å². The summed E-state index contributed by atoms with van der Waals surface area (Å²) in [5.41, 5.74) is 0.0558. The molecule has 0 radical (unpaired) electrons. The standard InChI is InChI=1S/C14H18FNO/c1-2-3-4-5-6-9-17-13-8-7-12(11-16)14(15)10-13/h7-8,10H,2-6,9H2,1H3. The molecule has 0 aliphatic carbocycles. The van der Waals surface area contributed by atoms with Crippen LogP contribution in [0.15, 0.2) is 18.2 Å². The molecule has 0 aromatic heterocycles. The van der Waals surface area contributed by atoms with Gasteiger partial charge in [-0.15, -0.1) is 0 Å². The molecule has 0 aliphatic rings. The van der Waals surface area contributed by atoms with Crippen LogP contribution in [0.2, 0.25) is 0 Å². The van der Waals surface area contributed by atoms with Crippen LogP contribution in [0, 0.1) is 17.1 Å². The summed E-state index contributed by atoms with van der Waals surface area (Å²) in [6, 6.07) is 6.13. The van der Waals surface area contributed by atoms with Gasteiger partial charge in [0.05, 0.1) is 12.2 Å². The third-order valence-electron chi connectivity index (χ3n) is 2.58. The lowest BCUT2D eigenvalue weighted by atomic mass is 10.2. The van der Waals surface area contributed by atoms with E-state index < -0.39 is 5.82 Å². The minimum Gasteiger partial charge on any atom is -0.493 e. The van der Waals surface area contributed by atoms with Gasteiger partial charge in [-0.2, -0.15) is 5.26 Å². The zero-order chi connectivity index (χ0) is 12.5. The largest absolute Gasteiger partial charge is 0.493 e. The third kappa shape index (κ3) is 4.86. The summed E-state index contributed by atoms with van der Waals surface area (Å²) in [5.74, 6) is -0.0204. The van der Waals surface area contributed by atoms with Crippen LogP contribution in [-0.2, 0) is 0 Å². The molecule has 0 saturated heterocycles. The molecule has 92 valence electrons. The quantitative estimate of drug-likeness (QED) is 0.668. The third-order valence-corrected chi connectivity index (χ3v) is 2.58. The fourth-order valence-corrected chi connectivity index (χ4v) is 1.57. The van der Waals surface area contributed by atoms with Crippen molar-refractivity contribution in [2.45, 2.75) is 39.0 Å². The van der Waals surface area contributed by atoms with E-state index in [0.717, 1.165) is 12.8 Å². The highest BCUT2D eigenvalue weighted by Gasteiger charge is 2.02. The molecular weight excluding hydrogens is 217 g/mol. The molecule has 0 spiro atoms. The molecule has 1 aromatic rings. The zero-order valence-corrected chi connectivity index (χ0v) is 10.2. The Morgan fingerprint density at radius 3 is 2.65 bits per heavy atom. The lowest BCUT2D eigenvalue weighted by Crippen LogP contribution is -1.98. The number of ether oxygens (including phenoxy) is 1. The highest BCUT2D eigenvalue weighted by atomic mass is 19.1. The highest BCUT2D eigenvalue weighted by Crippen LogP contribution is 2.16. The van der Waals surface area contributed by atoms with Gasteiger partial charge in [-0.3, -0.25) is 0 Å². The fourth-order valence-electron chi connectivity index (χ4n) is 1.57. The number of halogens is 1. The Bertz CT molecular complexity index is 384. The average molecular weight is 235 g/mol. The number of rotatable bonds is 7. The van der Waals surface area contributed by atoms with Gasteiger partial charge in [0.15, 0.2) is 0 Å². The monoisotopic (exact) mass is 235 g/mol. The zero-order valence-electron chi connectivity index (χ0n) is 10.2. The first-order valence-corrected chi connectivity index (χ1v) is 6.10. The molecule has 1 aromatic carbocycles. The molecule has 0 bridgehead atoms. The van der Waals surface area contributed by atoms with Gasteiger partial charge in [0, 0.05) is 6.07 Å². The van der Waals surface area contributed by atoms with Gasteiger partial charge in [0.25, 0.3) is 0 Å². The fraction of sp³-hybridized carbons (Fsp3) is 0.500. The SMILES string of the molecule is CCCCCCCOc1ccc(C#N)c(F)c1. The molecule has 0 atom stereocenters. The molecule has 2 nitrogen and oxygen atoms in total. The van der Waals surface area contributed by atoms with Crippen molar-refractivity contribution in [3.8, 4) is 11.8 Å². The van der Waals surface area contributed by atoms with E-state index in [1.54, 1.807) is 12.1 Å². The molecular formula is C14H18FNO. The summed E-state index contributed by atoms with van der Waals surface area (Å²) in [4.78, 5) is 0. The molecule has 0 heterocycles. The Morgan fingerprint density at radius 2 is 2.00 bits per heavy atom. The Balaban J connectivity index is 2.28. The molecule has 0 amide bonds. The maximum atomic E-state index is 13.2. The Hall–Kier alpha value is -1.56. The summed E-state index contributed by atoms with van der Waals surface area (Å²) in [6.07, 6.45) is 5.84. The van der Waals surface area contributed by atoms with Crippen LogP contribution in [0.1, 0.15) is 44.6 Å². The van der Waals surface area contributed by atoms with E-state index in [2.05, 4.69) is 6.92 Å². The van der Waals surface area contributed by atoms with Gasteiger partial charge in [0.2, 0.25) is 0 Å². The van der Waals surface area contributed by atoms with Crippen molar-refractivity contribution >= 4 is 0 Å². The molecule has 0 saturated carbocycles. The summed E-state index contributed by atoms with van der Waals surface area (Å²) in [5, 5.41) is 8.58. The first-order chi connectivity index (χ1) is 8.27. The number of nitrogens with zero attached hydrogens (tertiary/aromatic N) is 1. The molecule has 0 N–H and O–H groups in total. The average Bonchev–Trinajstić information content (AvgIpc) is 2.34. The van der Waals surface area contributed by atoms with Crippen LogP contribution >= 0.6 is 0 Å². The van der Waals surface area contributed by atoms with Crippen LogP contribution in [0.4, 0.5) is 4.39 Å². The summed E-state index contributed by atoms with van der Waals surface area (Å²) >= 11 is 0. The van der Waals surface area contributed by atoms with Gasteiger partial charge in [0.1, 0.15) is 17.6 Å². The molecule has 0 fully saturated rings. The van der Waals surface area contributed by atoms with E-state index >= 15 is 0 Å². The topological polar surface area (TPSA) is 33.0 Å². The molecule has 3 heteroatoms. The summed E-state index contributed by atoms with van der Waals surface area (Å²) in [6.45, 7) is 2.78. The first kappa shape index (κ1) is 13.5. The maximum Gasteiger partial charge on any atom is 0.144 e. The van der Waals surface area contributed by atoms with Crippen LogP contribution in [-0.4, -0.2) is 6.61 Å². The van der Waals surface area contributed by atoms with Crippen molar-refractivity contribution in [3.05, 3.63) is 29.6 Å². The molecule has 0 aliphatic heterocycles. The van der Waals surface area contributed by atoms with Crippen molar-refractivity contribution < 1.29 is 9.13 Å². The second-order valence-corrected chi connectivity index (χ2v) is 4.02. The normalized spacial score (nSPS) is 9.94. The number of nitriles is 1. The second kappa shape index (κ2) is 7.67. The number of hydrogen-bond donors (Lipinski definition) is 0. The Kier molecular flexibility index (Phi) is 6.09. The van der Waals surface area contributed by atoms with Gasteiger partial charge in [-0.05, 0) is 18.6 Å². The predicted octanol–water partition coefficient (Wildman–Crippen LogP) is 4.05. The number of benzene rings is 1. The second-order valence-electron chi connectivity index (χ2n) is 4.02. The first-order valence-electron chi connectivity index (χ1n) is 6.10. The van der Waals surface area contributed by atoms with Crippen molar-refractivity contribution in [1.82, 2.24) is 0 Å². The van der Waals surface area contributed by atoms with Crippen molar-refractivity contribution in [2.75, 3.05) is 6.61 Å².